The number of benzene rings is 2. The molecule has 5 heteroatoms. The number of carboxylic acid groups (broad SMARTS) is 1. The van der Waals surface area contributed by atoms with Crippen LogP contribution in [-0.2, 0) is 0 Å². The normalized spacial score (nSPS) is 10.6. The molecule has 0 aromatic heterocycles. The maximum atomic E-state index is 12.4. The third-order valence-corrected chi connectivity index (χ3v) is 2.81. The van der Waals surface area contributed by atoms with Crippen LogP contribution in [0.3, 0.4) is 0 Å². The molecule has 0 atom stereocenters. The summed E-state index contributed by atoms with van der Waals surface area (Å²) in [6.45, 7) is -1.07. The molecule has 20 heavy (non-hydrogen) atoms. The van der Waals surface area contributed by atoms with Crippen LogP contribution in [0, 0.1) is 6.92 Å². The van der Waals surface area contributed by atoms with E-state index >= 15 is 0 Å². The number of carbonyl (C=O) groups is 1. The Balaban J connectivity index is 2.53. The molecule has 0 fully saturated rings. The van der Waals surface area contributed by atoms with Gasteiger partial charge in [0.05, 0.1) is 5.56 Å². The van der Waals surface area contributed by atoms with Crippen molar-refractivity contribution in [3.63, 3.8) is 0 Å². The SMILES string of the molecule is Cc1ccc(-c2cc(C(=O)O)ccc2OC(F)F)cc1. The van der Waals surface area contributed by atoms with Crippen LogP contribution in [0.5, 0.6) is 5.75 Å². The van der Waals surface area contributed by atoms with Crippen molar-refractivity contribution in [2.45, 2.75) is 13.5 Å². The van der Waals surface area contributed by atoms with Gasteiger partial charge in [-0.05, 0) is 30.7 Å². The fourth-order valence-corrected chi connectivity index (χ4v) is 1.82. The molecular formula is C15H12F2O3. The summed E-state index contributed by atoms with van der Waals surface area (Å²) in [4.78, 5) is 11.0. The Morgan fingerprint density at radius 2 is 1.80 bits per heavy atom. The third-order valence-electron chi connectivity index (χ3n) is 2.81. The summed E-state index contributed by atoms with van der Waals surface area (Å²) < 4.78 is 29.2. The molecule has 2 aromatic rings. The second-order valence-electron chi connectivity index (χ2n) is 4.26. The van der Waals surface area contributed by atoms with E-state index in [-0.39, 0.29) is 11.3 Å². The lowest BCUT2D eigenvalue weighted by Gasteiger charge is -2.12. The van der Waals surface area contributed by atoms with E-state index in [4.69, 9.17) is 5.11 Å². The van der Waals surface area contributed by atoms with Gasteiger partial charge in [0.1, 0.15) is 5.75 Å². The van der Waals surface area contributed by atoms with Gasteiger partial charge < -0.3 is 9.84 Å². The summed E-state index contributed by atoms with van der Waals surface area (Å²) in [5.74, 6) is -1.17. The molecule has 0 aliphatic carbocycles. The van der Waals surface area contributed by atoms with E-state index in [9.17, 15) is 13.6 Å². The minimum Gasteiger partial charge on any atom is -0.478 e. The van der Waals surface area contributed by atoms with Crippen molar-refractivity contribution in [1.82, 2.24) is 0 Å². The van der Waals surface area contributed by atoms with Gasteiger partial charge in [-0.1, -0.05) is 29.8 Å². The molecule has 0 heterocycles. The zero-order valence-electron chi connectivity index (χ0n) is 10.6. The van der Waals surface area contributed by atoms with Crippen LogP contribution in [0.25, 0.3) is 11.1 Å². The summed E-state index contributed by atoms with van der Waals surface area (Å²) in [5, 5.41) is 8.98. The Hall–Kier alpha value is -2.43. The van der Waals surface area contributed by atoms with Gasteiger partial charge in [-0.25, -0.2) is 4.79 Å². The lowest BCUT2D eigenvalue weighted by molar-refractivity contribution is -0.0494. The van der Waals surface area contributed by atoms with Crippen LogP contribution in [0.1, 0.15) is 15.9 Å². The highest BCUT2D eigenvalue weighted by Gasteiger charge is 2.14. The molecule has 0 spiro atoms. The van der Waals surface area contributed by atoms with Crippen LogP contribution in [0.15, 0.2) is 42.5 Å². The topological polar surface area (TPSA) is 46.5 Å². The summed E-state index contributed by atoms with van der Waals surface area (Å²) >= 11 is 0. The summed E-state index contributed by atoms with van der Waals surface area (Å²) in [6.07, 6.45) is 0. The highest BCUT2D eigenvalue weighted by molar-refractivity contribution is 5.90. The first kappa shape index (κ1) is 14.0. The number of aryl methyl sites for hydroxylation is 1. The predicted octanol–water partition coefficient (Wildman–Crippen LogP) is 3.96. The van der Waals surface area contributed by atoms with Crippen molar-refractivity contribution in [2.75, 3.05) is 0 Å². The number of aromatic carboxylic acids is 1. The molecule has 0 aliphatic rings. The molecule has 0 saturated heterocycles. The molecule has 0 aliphatic heterocycles. The Bertz CT molecular complexity index is 622. The smallest absolute Gasteiger partial charge is 0.387 e. The first-order chi connectivity index (χ1) is 9.47. The largest absolute Gasteiger partial charge is 0.478 e. The lowest BCUT2D eigenvalue weighted by atomic mass is 10.0. The van der Waals surface area contributed by atoms with Crippen molar-refractivity contribution in [2.24, 2.45) is 0 Å². The Morgan fingerprint density at radius 3 is 2.35 bits per heavy atom. The molecule has 104 valence electrons. The van der Waals surface area contributed by atoms with Gasteiger partial charge in [-0.3, -0.25) is 0 Å². The highest BCUT2D eigenvalue weighted by atomic mass is 19.3. The van der Waals surface area contributed by atoms with Gasteiger partial charge >= 0.3 is 12.6 Å². The van der Waals surface area contributed by atoms with Gasteiger partial charge in [0.15, 0.2) is 0 Å². The Morgan fingerprint density at radius 1 is 1.15 bits per heavy atom. The van der Waals surface area contributed by atoms with E-state index in [0.717, 1.165) is 5.56 Å². The van der Waals surface area contributed by atoms with E-state index in [2.05, 4.69) is 4.74 Å². The molecule has 2 rings (SSSR count). The molecule has 0 unspecified atom stereocenters. The quantitative estimate of drug-likeness (QED) is 0.920. The zero-order valence-corrected chi connectivity index (χ0v) is 10.6. The molecule has 3 nitrogen and oxygen atoms in total. The summed E-state index contributed by atoms with van der Waals surface area (Å²) in [6, 6.07) is 10.9. The second kappa shape index (κ2) is 5.69. The Labute approximate surface area is 114 Å². The lowest BCUT2D eigenvalue weighted by Crippen LogP contribution is -2.04. The maximum Gasteiger partial charge on any atom is 0.387 e. The highest BCUT2D eigenvalue weighted by Crippen LogP contribution is 2.32. The molecule has 0 saturated carbocycles. The molecule has 1 N–H and O–H groups in total. The van der Waals surface area contributed by atoms with Crippen LogP contribution in [-0.4, -0.2) is 17.7 Å². The predicted molar refractivity (Wildman–Crippen MR) is 70.2 cm³/mol. The minimum absolute atomic E-state index is 0.0159. The van der Waals surface area contributed by atoms with Crippen LogP contribution < -0.4 is 4.74 Å². The first-order valence-corrected chi connectivity index (χ1v) is 5.86. The molecule has 0 amide bonds. The van der Waals surface area contributed by atoms with Gasteiger partial charge in [-0.15, -0.1) is 0 Å². The van der Waals surface area contributed by atoms with Crippen LogP contribution >= 0.6 is 0 Å². The number of halogens is 2. The van der Waals surface area contributed by atoms with E-state index in [1.807, 2.05) is 19.1 Å². The monoisotopic (exact) mass is 278 g/mol. The van der Waals surface area contributed by atoms with Gasteiger partial charge in [0, 0.05) is 5.56 Å². The third kappa shape index (κ3) is 3.12. The number of hydrogen-bond acceptors (Lipinski definition) is 2. The van der Waals surface area contributed by atoms with Crippen molar-refractivity contribution in [1.29, 1.82) is 0 Å². The zero-order chi connectivity index (χ0) is 14.7. The van der Waals surface area contributed by atoms with Gasteiger partial charge in [-0.2, -0.15) is 8.78 Å². The van der Waals surface area contributed by atoms with Gasteiger partial charge in [0.2, 0.25) is 0 Å². The average Bonchev–Trinajstić information content (AvgIpc) is 2.39. The molecule has 2 aromatic carbocycles. The van der Waals surface area contributed by atoms with E-state index in [1.165, 1.54) is 18.2 Å². The first-order valence-electron chi connectivity index (χ1n) is 5.86. The second-order valence-corrected chi connectivity index (χ2v) is 4.26. The number of alkyl halides is 2. The standard InChI is InChI=1S/C15H12F2O3/c1-9-2-4-10(5-3-9)12-8-11(14(18)19)6-7-13(12)20-15(16)17/h2-8,15H,1H3,(H,18,19). The minimum atomic E-state index is -2.96. The average molecular weight is 278 g/mol. The number of rotatable bonds is 4. The van der Waals surface area contributed by atoms with Crippen molar-refractivity contribution >= 4 is 5.97 Å². The van der Waals surface area contributed by atoms with Crippen molar-refractivity contribution in [3.05, 3.63) is 53.6 Å². The van der Waals surface area contributed by atoms with E-state index < -0.39 is 12.6 Å². The molecule has 0 bridgehead atoms. The van der Waals surface area contributed by atoms with Crippen LogP contribution in [0.2, 0.25) is 0 Å². The number of hydrogen-bond donors (Lipinski definition) is 1. The summed E-state index contributed by atoms with van der Waals surface area (Å²) in [7, 11) is 0. The summed E-state index contributed by atoms with van der Waals surface area (Å²) in [5.41, 5.74) is 1.97. The van der Waals surface area contributed by atoms with Crippen molar-refractivity contribution < 1.29 is 23.4 Å². The fraction of sp³-hybridized carbons (Fsp3) is 0.133. The van der Waals surface area contributed by atoms with E-state index in [1.54, 1.807) is 12.1 Å². The fourth-order valence-electron chi connectivity index (χ4n) is 1.82. The number of ether oxygens (including phenoxy) is 1. The molecular weight excluding hydrogens is 266 g/mol. The Kier molecular flexibility index (Phi) is 3.98. The van der Waals surface area contributed by atoms with Gasteiger partial charge in [0.25, 0.3) is 0 Å². The molecule has 0 radical (unpaired) electrons. The van der Waals surface area contributed by atoms with Crippen LogP contribution in [0.4, 0.5) is 8.78 Å². The van der Waals surface area contributed by atoms with E-state index in [0.29, 0.717) is 11.1 Å². The maximum absolute atomic E-state index is 12.4. The van der Waals surface area contributed by atoms with Crippen molar-refractivity contribution in [3.8, 4) is 16.9 Å². The number of carboxylic acids is 1.